The van der Waals surface area contributed by atoms with Gasteiger partial charge in [0.15, 0.2) is 5.78 Å². The zero-order valence-electron chi connectivity index (χ0n) is 14.1. The van der Waals surface area contributed by atoms with Crippen LogP contribution in [0.4, 0.5) is 10.1 Å². The summed E-state index contributed by atoms with van der Waals surface area (Å²) in [5.74, 6) is -0.634. The first-order valence-electron chi connectivity index (χ1n) is 8.15. The fraction of sp³-hybridized carbons (Fsp3) is 0.611. The first kappa shape index (κ1) is 18.2. The van der Waals surface area contributed by atoms with Crippen molar-refractivity contribution in [2.45, 2.75) is 46.5 Å². The Labute approximate surface area is 142 Å². The van der Waals surface area contributed by atoms with Gasteiger partial charge in [-0.05, 0) is 56.3 Å². The van der Waals surface area contributed by atoms with Crippen LogP contribution in [0.1, 0.15) is 56.8 Å². The Morgan fingerprint density at radius 1 is 1.35 bits per heavy atom. The molecule has 0 amide bonds. The molecule has 0 atom stereocenters. The Morgan fingerprint density at radius 3 is 2.48 bits per heavy atom. The number of nitrogen functional groups attached to an aromatic ring is 1. The quantitative estimate of drug-likeness (QED) is 0.629. The van der Waals surface area contributed by atoms with Gasteiger partial charge in [0.1, 0.15) is 5.82 Å². The van der Waals surface area contributed by atoms with Gasteiger partial charge in [0.05, 0.1) is 10.7 Å². The van der Waals surface area contributed by atoms with Crippen LogP contribution in [0, 0.1) is 16.6 Å². The molecule has 1 heterocycles. The molecule has 128 valence electrons. The molecule has 0 aliphatic carbocycles. The van der Waals surface area contributed by atoms with Crippen LogP contribution in [0.15, 0.2) is 12.1 Å². The van der Waals surface area contributed by atoms with Crippen LogP contribution >= 0.6 is 11.6 Å². The highest BCUT2D eigenvalue weighted by Gasteiger charge is 2.40. The second-order valence-corrected chi connectivity index (χ2v) is 8.18. The van der Waals surface area contributed by atoms with Crippen molar-refractivity contribution in [1.29, 1.82) is 0 Å². The van der Waals surface area contributed by atoms with E-state index in [-0.39, 0.29) is 21.9 Å². The van der Waals surface area contributed by atoms with E-state index >= 15 is 0 Å². The highest BCUT2D eigenvalue weighted by molar-refractivity contribution is 6.33. The predicted octanol–water partition coefficient (Wildman–Crippen LogP) is 4.44. The summed E-state index contributed by atoms with van der Waals surface area (Å²) in [6, 6.07) is 2.73. The molecule has 0 spiro atoms. The molecule has 0 unspecified atom stereocenters. The maximum absolute atomic E-state index is 13.9. The van der Waals surface area contributed by atoms with Crippen LogP contribution in [0.2, 0.25) is 5.02 Å². The van der Waals surface area contributed by atoms with E-state index in [9.17, 15) is 9.18 Å². The number of carbonyl (C=O) groups is 1. The third-order valence-corrected chi connectivity index (χ3v) is 5.05. The van der Waals surface area contributed by atoms with Crippen molar-refractivity contribution in [2.24, 2.45) is 10.8 Å². The molecule has 2 rings (SSSR count). The van der Waals surface area contributed by atoms with E-state index in [1.54, 1.807) is 0 Å². The van der Waals surface area contributed by atoms with Crippen molar-refractivity contribution in [3.05, 3.63) is 28.5 Å². The molecule has 1 saturated heterocycles. The number of benzene rings is 1. The fourth-order valence-corrected chi connectivity index (χ4v) is 3.34. The number of Topliss-reactive ketones (excluding diaryl/α,β-unsaturated/α-hetero) is 1. The molecule has 3 N–H and O–H groups in total. The Bertz CT molecular complexity index is 566. The summed E-state index contributed by atoms with van der Waals surface area (Å²) in [6.07, 6.45) is 3.29. The van der Waals surface area contributed by atoms with Gasteiger partial charge in [-0.15, -0.1) is 0 Å². The van der Waals surface area contributed by atoms with E-state index in [1.165, 1.54) is 12.1 Å². The maximum Gasteiger partial charge on any atom is 0.169 e. The summed E-state index contributed by atoms with van der Waals surface area (Å²) in [5.41, 5.74) is 5.50. The molecule has 3 nitrogen and oxygen atoms in total. The third-order valence-electron chi connectivity index (χ3n) is 4.74. The van der Waals surface area contributed by atoms with Crippen LogP contribution in [-0.2, 0) is 0 Å². The number of halogens is 2. The second-order valence-electron chi connectivity index (χ2n) is 7.77. The van der Waals surface area contributed by atoms with Gasteiger partial charge >= 0.3 is 0 Å². The monoisotopic (exact) mass is 340 g/mol. The van der Waals surface area contributed by atoms with E-state index in [0.29, 0.717) is 5.56 Å². The average molecular weight is 341 g/mol. The zero-order chi connectivity index (χ0) is 17.3. The summed E-state index contributed by atoms with van der Waals surface area (Å²) in [6.45, 7) is 8.13. The molecule has 0 bridgehead atoms. The van der Waals surface area contributed by atoms with Crippen molar-refractivity contribution in [3.63, 3.8) is 0 Å². The predicted molar refractivity (Wildman–Crippen MR) is 93.4 cm³/mol. The largest absolute Gasteiger partial charge is 0.395 e. The third kappa shape index (κ3) is 4.24. The normalized spacial score (nSPS) is 18.0. The van der Waals surface area contributed by atoms with Gasteiger partial charge in [-0.1, -0.05) is 32.4 Å². The lowest BCUT2D eigenvalue weighted by molar-refractivity contribution is 0.0676. The smallest absolute Gasteiger partial charge is 0.169 e. The SMILES string of the molecule is CC(C)(C)CCC1(C(=O)c2cc(F)c(N)c(Cl)c2)CCNCC1. The molecule has 5 heteroatoms. The number of nitrogens with one attached hydrogen (secondary N) is 1. The summed E-state index contributed by atoms with van der Waals surface area (Å²) >= 11 is 5.97. The molecule has 0 radical (unpaired) electrons. The first-order valence-corrected chi connectivity index (χ1v) is 8.52. The van der Waals surface area contributed by atoms with Gasteiger partial charge in [-0.3, -0.25) is 4.79 Å². The standard InChI is InChI=1S/C18H26ClFN2O/c1-17(2,3)4-5-18(6-8-22-9-7-18)16(23)12-10-13(19)15(21)14(20)11-12/h10-11,22H,4-9,21H2,1-3H3. The van der Waals surface area contributed by atoms with E-state index in [2.05, 4.69) is 26.1 Å². The number of carbonyl (C=O) groups excluding carboxylic acids is 1. The molecule has 1 aliphatic rings. The van der Waals surface area contributed by atoms with Gasteiger partial charge in [0, 0.05) is 11.0 Å². The number of piperidine rings is 1. The minimum atomic E-state index is -0.624. The Hall–Kier alpha value is -1.13. The van der Waals surface area contributed by atoms with Crippen molar-refractivity contribution in [2.75, 3.05) is 18.8 Å². The number of anilines is 1. The summed E-state index contributed by atoms with van der Waals surface area (Å²) in [7, 11) is 0. The van der Waals surface area contributed by atoms with E-state index in [1.807, 2.05) is 0 Å². The van der Waals surface area contributed by atoms with Crippen LogP contribution in [0.3, 0.4) is 0 Å². The van der Waals surface area contributed by atoms with Crippen LogP contribution in [-0.4, -0.2) is 18.9 Å². The molecular formula is C18H26ClFN2O. The van der Waals surface area contributed by atoms with Gasteiger partial charge in [0.2, 0.25) is 0 Å². The molecule has 1 aromatic carbocycles. The zero-order valence-corrected chi connectivity index (χ0v) is 14.9. The lowest BCUT2D eigenvalue weighted by Gasteiger charge is -2.38. The Morgan fingerprint density at radius 2 is 1.96 bits per heavy atom. The molecule has 0 aromatic heterocycles. The van der Waals surface area contributed by atoms with Gasteiger partial charge < -0.3 is 11.1 Å². The van der Waals surface area contributed by atoms with E-state index < -0.39 is 11.2 Å². The molecule has 1 fully saturated rings. The number of rotatable bonds is 4. The first-order chi connectivity index (χ1) is 10.6. The van der Waals surface area contributed by atoms with E-state index in [4.69, 9.17) is 17.3 Å². The maximum atomic E-state index is 13.9. The summed E-state index contributed by atoms with van der Waals surface area (Å²) in [4.78, 5) is 13.2. The topological polar surface area (TPSA) is 55.1 Å². The highest BCUT2D eigenvalue weighted by atomic mass is 35.5. The minimum Gasteiger partial charge on any atom is -0.395 e. The highest BCUT2D eigenvalue weighted by Crippen LogP contribution is 2.41. The van der Waals surface area contributed by atoms with Gasteiger partial charge in [-0.2, -0.15) is 0 Å². The number of hydrogen-bond donors (Lipinski definition) is 2. The number of hydrogen-bond acceptors (Lipinski definition) is 3. The van der Waals surface area contributed by atoms with E-state index in [0.717, 1.165) is 38.8 Å². The second kappa shape index (κ2) is 6.78. The van der Waals surface area contributed by atoms with Crippen LogP contribution in [0.25, 0.3) is 0 Å². The summed E-state index contributed by atoms with van der Waals surface area (Å²) < 4.78 is 13.9. The number of ketones is 1. The molecule has 1 aromatic rings. The van der Waals surface area contributed by atoms with Crippen molar-refractivity contribution in [3.8, 4) is 0 Å². The fourth-order valence-electron chi connectivity index (χ4n) is 3.13. The van der Waals surface area contributed by atoms with Crippen molar-refractivity contribution < 1.29 is 9.18 Å². The molecule has 23 heavy (non-hydrogen) atoms. The average Bonchev–Trinajstić information content (AvgIpc) is 2.49. The van der Waals surface area contributed by atoms with Crippen LogP contribution in [0.5, 0.6) is 0 Å². The minimum absolute atomic E-state index is 0.0101. The summed E-state index contributed by atoms with van der Waals surface area (Å²) in [5, 5.41) is 3.41. The van der Waals surface area contributed by atoms with Gasteiger partial charge in [-0.25, -0.2) is 4.39 Å². The molecule has 1 aliphatic heterocycles. The molecular weight excluding hydrogens is 315 g/mol. The van der Waals surface area contributed by atoms with Crippen LogP contribution < -0.4 is 11.1 Å². The van der Waals surface area contributed by atoms with Crippen molar-refractivity contribution in [1.82, 2.24) is 5.32 Å². The lowest BCUT2D eigenvalue weighted by atomic mass is 9.68. The lowest BCUT2D eigenvalue weighted by Crippen LogP contribution is -2.42. The molecule has 0 saturated carbocycles. The number of nitrogens with two attached hydrogens (primary N) is 1. The Kier molecular flexibility index (Phi) is 5.37. The van der Waals surface area contributed by atoms with Crippen molar-refractivity contribution >= 4 is 23.1 Å². The Balaban J connectivity index is 2.33. The van der Waals surface area contributed by atoms with Gasteiger partial charge in [0.25, 0.3) is 0 Å².